The van der Waals surface area contributed by atoms with E-state index in [0.717, 1.165) is 12.8 Å². The molecule has 0 unspecified atom stereocenters. The third-order valence-electron chi connectivity index (χ3n) is 5.22. The van der Waals surface area contributed by atoms with Crippen molar-refractivity contribution in [2.75, 3.05) is 0 Å². The Hall–Kier alpha value is -0.600. The Kier molecular flexibility index (Phi) is 3.70. The van der Waals surface area contributed by atoms with E-state index in [1.807, 2.05) is 12.2 Å². The van der Waals surface area contributed by atoms with Crippen LogP contribution in [0.5, 0.6) is 0 Å². The van der Waals surface area contributed by atoms with Crippen LogP contribution in [0.15, 0.2) is 24.3 Å². The highest BCUT2D eigenvalue weighted by Crippen LogP contribution is 2.54. The number of fused-ring (bicyclic) bond motifs is 1. The van der Waals surface area contributed by atoms with Crippen molar-refractivity contribution in [2.45, 2.75) is 52.2 Å². The molecule has 102 valence electrons. The van der Waals surface area contributed by atoms with Crippen molar-refractivity contribution in [3.8, 4) is 0 Å². The molecule has 1 fully saturated rings. The quantitative estimate of drug-likeness (QED) is 0.740. The SMILES string of the molecule is C=C[C@@H]1C[C@@H](C(C)C)CC2=C[C@H](O)[C@@H](O)C[C@]21C. The molecule has 0 heterocycles. The predicted octanol–water partition coefficient (Wildman–Crippen LogP) is 2.91. The third-order valence-corrected chi connectivity index (χ3v) is 5.22. The van der Waals surface area contributed by atoms with Gasteiger partial charge in [0.05, 0.1) is 12.2 Å². The van der Waals surface area contributed by atoms with Crippen molar-refractivity contribution in [2.24, 2.45) is 23.2 Å². The van der Waals surface area contributed by atoms with Crippen LogP contribution in [0.1, 0.15) is 40.0 Å². The van der Waals surface area contributed by atoms with Crippen LogP contribution in [0, 0.1) is 23.2 Å². The summed E-state index contributed by atoms with van der Waals surface area (Å²) < 4.78 is 0. The molecule has 2 N–H and O–H groups in total. The molecule has 2 aliphatic rings. The molecule has 1 saturated carbocycles. The molecule has 2 nitrogen and oxygen atoms in total. The van der Waals surface area contributed by atoms with Crippen LogP contribution in [-0.4, -0.2) is 22.4 Å². The van der Waals surface area contributed by atoms with Gasteiger partial charge in [-0.3, -0.25) is 0 Å². The van der Waals surface area contributed by atoms with Crippen LogP contribution in [-0.2, 0) is 0 Å². The zero-order valence-corrected chi connectivity index (χ0v) is 11.8. The number of allylic oxidation sites excluding steroid dienone is 2. The highest BCUT2D eigenvalue weighted by Gasteiger charge is 2.46. The van der Waals surface area contributed by atoms with Gasteiger partial charge in [0, 0.05) is 0 Å². The van der Waals surface area contributed by atoms with Crippen molar-refractivity contribution < 1.29 is 10.2 Å². The Morgan fingerprint density at radius 1 is 1.44 bits per heavy atom. The monoisotopic (exact) mass is 250 g/mol. The third kappa shape index (κ3) is 2.17. The van der Waals surface area contributed by atoms with Gasteiger partial charge in [0.1, 0.15) is 0 Å². The summed E-state index contributed by atoms with van der Waals surface area (Å²) >= 11 is 0. The summed E-state index contributed by atoms with van der Waals surface area (Å²) in [6.07, 6.45) is 5.49. The molecule has 0 aromatic heterocycles. The first kappa shape index (κ1) is 13.8. The highest BCUT2D eigenvalue weighted by atomic mass is 16.3. The largest absolute Gasteiger partial charge is 0.390 e. The van der Waals surface area contributed by atoms with E-state index < -0.39 is 12.2 Å². The van der Waals surface area contributed by atoms with Crippen LogP contribution >= 0.6 is 0 Å². The molecule has 0 bridgehead atoms. The van der Waals surface area contributed by atoms with E-state index in [-0.39, 0.29) is 5.41 Å². The minimum Gasteiger partial charge on any atom is -0.390 e. The first-order valence-electron chi connectivity index (χ1n) is 7.08. The summed E-state index contributed by atoms with van der Waals surface area (Å²) in [7, 11) is 0. The summed E-state index contributed by atoms with van der Waals surface area (Å²) in [5.74, 6) is 1.73. The highest BCUT2D eigenvalue weighted by molar-refractivity contribution is 5.27. The average molecular weight is 250 g/mol. The number of rotatable bonds is 2. The van der Waals surface area contributed by atoms with E-state index in [9.17, 15) is 10.2 Å². The van der Waals surface area contributed by atoms with Gasteiger partial charge in [-0.2, -0.15) is 0 Å². The first-order valence-corrected chi connectivity index (χ1v) is 7.08. The smallest absolute Gasteiger partial charge is 0.0983 e. The molecule has 0 saturated heterocycles. The molecule has 2 heteroatoms. The van der Waals surface area contributed by atoms with Crippen LogP contribution in [0.4, 0.5) is 0 Å². The molecule has 18 heavy (non-hydrogen) atoms. The Bertz CT molecular complexity index is 358. The molecular formula is C16H26O2. The number of hydrogen-bond acceptors (Lipinski definition) is 2. The molecule has 0 aliphatic heterocycles. The minimum absolute atomic E-state index is 0.00815. The average Bonchev–Trinajstić information content (AvgIpc) is 2.29. The molecule has 0 radical (unpaired) electrons. The maximum atomic E-state index is 9.94. The lowest BCUT2D eigenvalue weighted by Crippen LogP contribution is -2.45. The van der Waals surface area contributed by atoms with Gasteiger partial charge in [-0.15, -0.1) is 6.58 Å². The Morgan fingerprint density at radius 2 is 2.11 bits per heavy atom. The van der Waals surface area contributed by atoms with Crippen LogP contribution in [0.3, 0.4) is 0 Å². The lowest BCUT2D eigenvalue weighted by atomic mass is 9.56. The van der Waals surface area contributed by atoms with Crippen molar-refractivity contribution >= 4 is 0 Å². The topological polar surface area (TPSA) is 40.5 Å². The van der Waals surface area contributed by atoms with Crippen molar-refractivity contribution in [1.29, 1.82) is 0 Å². The summed E-state index contributed by atoms with van der Waals surface area (Å²) in [5, 5.41) is 19.8. The van der Waals surface area contributed by atoms with Gasteiger partial charge in [0.2, 0.25) is 0 Å². The van der Waals surface area contributed by atoms with Crippen molar-refractivity contribution in [3.63, 3.8) is 0 Å². The fourth-order valence-electron chi connectivity index (χ4n) is 3.70. The maximum absolute atomic E-state index is 9.94. The summed E-state index contributed by atoms with van der Waals surface area (Å²) in [6, 6.07) is 0. The Labute approximate surface area is 110 Å². The van der Waals surface area contributed by atoms with Gasteiger partial charge in [-0.25, -0.2) is 0 Å². The summed E-state index contributed by atoms with van der Waals surface area (Å²) in [6.45, 7) is 10.7. The predicted molar refractivity (Wildman–Crippen MR) is 74.1 cm³/mol. The Morgan fingerprint density at radius 3 is 2.67 bits per heavy atom. The normalized spacial score (nSPS) is 44.4. The Balaban J connectivity index is 2.35. The van der Waals surface area contributed by atoms with E-state index in [0.29, 0.717) is 24.2 Å². The van der Waals surface area contributed by atoms with Crippen molar-refractivity contribution in [3.05, 3.63) is 24.3 Å². The zero-order chi connectivity index (χ0) is 13.5. The van der Waals surface area contributed by atoms with E-state index in [1.54, 1.807) is 0 Å². The van der Waals surface area contributed by atoms with Gasteiger partial charge in [0.25, 0.3) is 0 Å². The van der Waals surface area contributed by atoms with E-state index >= 15 is 0 Å². The summed E-state index contributed by atoms with van der Waals surface area (Å²) in [4.78, 5) is 0. The number of aliphatic hydroxyl groups excluding tert-OH is 2. The molecule has 0 spiro atoms. The standard InChI is InChI=1S/C16H26O2/c1-5-12-6-11(10(2)3)7-13-8-14(17)15(18)9-16(12,13)4/h5,8,10-12,14-15,17-18H,1,6-7,9H2,2-4H3/t11-,12-,14+,15+,16+/m1/s1. The van der Waals surface area contributed by atoms with E-state index in [4.69, 9.17) is 0 Å². The van der Waals surface area contributed by atoms with Gasteiger partial charge in [-0.05, 0) is 42.4 Å². The molecular weight excluding hydrogens is 224 g/mol. The van der Waals surface area contributed by atoms with E-state index in [1.165, 1.54) is 5.57 Å². The lowest BCUT2D eigenvalue weighted by molar-refractivity contribution is -0.0122. The van der Waals surface area contributed by atoms with Crippen molar-refractivity contribution in [1.82, 2.24) is 0 Å². The molecule has 0 aromatic rings. The minimum atomic E-state index is -0.690. The van der Waals surface area contributed by atoms with E-state index in [2.05, 4.69) is 27.4 Å². The van der Waals surface area contributed by atoms with Gasteiger partial charge in [0.15, 0.2) is 0 Å². The first-order chi connectivity index (χ1) is 8.38. The second-order valence-corrected chi connectivity index (χ2v) is 6.66. The maximum Gasteiger partial charge on any atom is 0.0983 e. The molecule has 2 rings (SSSR count). The van der Waals surface area contributed by atoms with Gasteiger partial charge >= 0.3 is 0 Å². The fraction of sp³-hybridized carbons (Fsp3) is 0.750. The molecule has 0 amide bonds. The lowest BCUT2D eigenvalue weighted by Gasteiger charge is -2.50. The second kappa shape index (κ2) is 4.82. The van der Waals surface area contributed by atoms with Crippen LogP contribution in [0.25, 0.3) is 0 Å². The van der Waals surface area contributed by atoms with Gasteiger partial charge < -0.3 is 10.2 Å². The zero-order valence-electron chi connectivity index (χ0n) is 11.8. The second-order valence-electron chi connectivity index (χ2n) is 6.66. The molecule has 5 atom stereocenters. The summed E-state index contributed by atoms with van der Waals surface area (Å²) in [5.41, 5.74) is 1.32. The molecule has 2 aliphatic carbocycles. The van der Waals surface area contributed by atoms with Gasteiger partial charge in [-0.1, -0.05) is 38.5 Å². The number of aliphatic hydroxyl groups is 2. The van der Waals surface area contributed by atoms with Crippen LogP contribution < -0.4 is 0 Å². The fourth-order valence-corrected chi connectivity index (χ4v) is 3.70. The number of hydrogen-bond donors (Lipinski definition) is 2. The molecule has 0 aromatic carbocycles. The van der Waals surface area contributed by atoms with Crippen LogP contribution in [0.2, 0.25) is 0 Å².